The highest BCUT2D eigenvalue weighted by Gasteiger charge is 2.43. The predicted molar refractivity (Wildman–Crippen MR) is 85.4 cm³/mol. The molecule has 0 aromatic carbocycles. The molecule has 3 atom stereocenters. The van der Waals surface area contributed by atoms with Crippen molar-refractivity contribution in [3.63, 3.8) is 0 Å². The summed E-state index contributed by atoms with van der Waals surface area (Å²) in [6, 6.07) is 2.75. The Balaban J connectivity index is 2.35. The molecule has 116 valence electrons. The van der Waals surface area contributed by atoms with Gasteiger partial charge in [-0.05, 0) is 31.4 Å². The fourth-order valence-electron chi connectivity index (χ4n) is 2.74. The molecule has 1 saturated heterocycles. The van der Waals surface area contributed by atoms with Gasteiger partial charge in [-0.15, -0.1) is 11.3 Å². The Labute approximate surface area is 134 Å². The summed E-state index contributed by atoms with van der Waals surface area (Å²) in [5.74, 6) is -0.000319. The maximum atomic E-state index is 12.8. The van der Waals surface area contributed by atoms with Gasteiger partial charge in [-0.1, -0.05) is 32.4 Å². The first-order valence-electron chi connectivity index (χ1n) is 7.24. The first-order valence-corrected chi connectivity index (χ1v) is 8.44. The van der Waals surface area contributed by atoms with Gasteiger partial charge in [0.25, 0.3) is 0 Å². The van der Waals surface area contributed by atoms with Crippen LogP contribution in [-0.2, 0) is 9.59 Å². The number of amides is 2. The van der Waals surface area contributed by atoms with Crippen molar-refractivity contribution in [3.8, 4) is 0 Å². The smallest absolute Gasteiger partial charge is 0.246 e. The second kappa shape index (κ2) is 6.36. The van der Waals surface area contributed by atoms with Crippen LogP contribution in [0.2, 0.25) is 4.34 Å². The van der Waals surface area contributed by atoms with Gasteiger partial charge in [-0.3, -0.25) is 9.59 Å². The van der Waals surface area contributed by atoms with Gasteiger partial charge in [0, 0.05) is 4.88 Å². The minimum atomic E-state index is -0.446. The molecule has 6 heteroatoms. The molecule has 4 nitrogen and oxygen atoms in total. The van der Waals surface area contributed by atoms with E-state index in [0.717, 1.165) is 4.88 Å². The molecule has 0 saturated carbocycles. The quantitative estimate of drug-likeness (QED) is 0.922. The zero-order chi connectivity index (χ0) is 15.7. The summed E-state index contributed by atoms with van der Waals surface area (Å²) < 4.78 is 0.694. The van der Waals surface area contributed by atoms with Crippen LogP contribution in [0.15, 0.2) is 12.1 Å². The van der Waals surface area contributed by atoms with E-state index in [9.17, 15) is 9.59 Å². The van der Waals surface area contributed by atoms with E-state index < -0.39 is 12.1 Å². The fourth-order valence-corrected chi connectivity index (χ4v) is 3.85. The van der Waals surface area contributed by atoms with Crippen molar-refractivity contribution in [1.82, 2.24) is 10.2 Å². The molecule has 1 aromatic heterocycles. The van der Waals surface area contributed by atoms with Crippen LogP contribution in [0.4, 0.5) is 0 Å². The van der Waals surface area contributed by atoms with Crippen LogP contribution >= 0.6 is 22.9 Å². The largest absolute Gasteiger partial charge is 0.342 e. The number of halogens is 1. The molecule has 3 unspecified atom stereocenters. The lowest BCUT2D eigenvalue weighted by Gasteiger charge is -2.43. The first kappa shape index (κ1) is 16.3. The SMILES string of the molecule is CCC1C(=O)NC(C(C)C)C(=O)N1C(C)c1ccc(Cl)s1. The molecule has 0 radical (unpaired) electrons. The second-order valence-electron chi connectivity index (χ2n) is 5.72. The van der Waals surface area contributed by atoms with Gasteiger partial charge >= 0.3 is 0 Å². The maximum Gasteiger partial charge on any atom is 0.246 e. The summed E-state index contributed by atoms with van der Waals surface area (Å²) >= 11 is 7.45. The molecule has 21 heavy (non-hydrogen) atoms. The van der Waals surface area contributed by atoms with Crippen molar-refractivity contribution in [1.29, 1.82) is 0 Å². The van der Waals surface area contributed by atoms with E-state index in [1.54, 1.807) is 4.90 Å². The topological polar surface area (TPSA) is 49.4 Å². The lowest BCUT2D eigenvalue weighted by molar-refractivity contribution is -0.153. The van der Waals surface area contributed by atoms with E-state index in [1.165, 1.54) is 11.3 Å². The first-order chi connectivity index (χ1) is 9.86. The van der Waals surface area contributed by atoms with E-state index in [0.29, 0.717) is 10.8 Å². The minimum absolute atomic E-state index is 0.00604. The number of hydrogen-bond acceptors (Lipinski definition) is 3. The second-order valence-corrected chi connectivity index (χ2v) is 7.46. The Kier molecular flexibility index (Phi) is 4.94. The number of thiophene rings is 1. The molecule has 2 rings (SSSR count). The van der Waals surface area contributed by atoms with Gasteiger partial charge in [0.1, 0.15) is 12.1 Å². The summed E-state index contributed by atoms with van der Waals surface area (Å²) in [7, 11) is 0. The number of hydrogen-bond donors (Lipinski definition) is 1. The zero-order valence-corrected chi connectivity index (χ0v) is 14.3. The number of carbonyl (C=O) groups is 2. The standard InChI is InChI=1S/C15H21ClN2O2S/c1-5-10-14(19)17-13(8(2)3)15(20)18(10)9(4)11-6-7-12(16)21-11/h6-10,13H,5H2,1-4H3,(H,17,19). The monoisotopic (exact) mass is 328 g/mol. The fraction of sp³-hybridized carbons (Fsp3) is 0.600. The normalized spacial score (nSPS) is 24.4. The Morgan fingerprint density at radius 3 is 2.48 bits per heavy atom. The molecule has 0 aliphatic carbocycles. The average molecular weight is 329 g/mol. The average Bonchev–Trinajstić information content (AvgIpc) is 2.86. The van der Waals surface area contributed by atoms with Gasteiger partial charge < -0.3 is 10.2 Å². The van der Waals surface area contributed by atoms with Crippen molar-refractivity contribution in [2.45, 2.75) is 52.2 Å². The van der Waals surface area contributed by atoms with Crippen LogP contribution in [-0.4, -0.2) is 28.8 Å². The van der Waals surface area contributed by atoms with Crippen molar-refractivity contribution >= 4 is 34.8 Å². The lowest BCUT2D eigenvalue weighted by Crippen LogP contribution is -2.64. The number of piperazine rings is 1. The molecule has 0 spiro atoms. The highest BCUT2D eigenvalue weighted by atomic mass is 35.5. The third kappa shape index (κ3) is 3.09. The summed E-state index contributed by atoms with van der Waals surface area (Å²) in [4.78, 5) is 27.8. The molecule has 1 aliphatic rings. The molecule has 2 amide bonds. The van der Waals surface area contributed by atoms with E-state index in [-0.39, 0.29) is 23.8 Å². The van der Waals surface area contributed by atoms with E-state index >= 15 is 0 Å². The lowest BCUT2D eigenvalue weighted by atomic mass is 9.95. The number of nitrogens with one attached hydrogen (secondary N) is 1. The van der Waals surface area contributed by atoms with Crippen LogP contribution in [0, 0.1) is 5.92 Å². The third-order valence-corrected chi connectivity index (χ3v) is 5.33. The van der Waals surface area contributed by atoms with Gasteiger partial charge in [0.15, 0.2) is 0 Å². The molecular formula is C15H21ClN2O2S. The summed E-state index contributed by atoms with van der Waals surface area (Å²) in [6.45, 7) is 7.77. The summed E-state index contributed by atoms with van der Waals surface area (Å²) in [6.07, 6.45) is 0.603. The molecular weight excluding hydrogens is 308 g/mol. The highest BCUT2D eigenvalue weighted by Crippen LogP contribution is 2.34. The van der Waals surface area contributed by atoms with Gasteiger partial charge in [0.2, 0.25) is 11.8 Å². The Bertz CT molecular complexity index is 544. The molecule has 1 fully saturated rings. The van der Waals surface area contributed by atoms with Gasteiger partial charge in [-0.2, -0.15) is 0 Å². The third-order valence-electron chi connectivity index (χ3n) is 3.93. The number of carbonyl (C=O) groups excluding carboxylic acids is 2. The van der Waals surface area contributed by atoms with Crippen molar-refractivity contribution in [2.75, 3.05) is 0 Å². The van der Waals surface area contributed by atoms with Crippen molar-refractivity contribution < 1.29 is 9.59 Å². The molecule has 1 N–H and O–H groups in total. The van der Waals surface area contributed by atoms with Crippen LogP contribution < -0.4 is 5.32 Å². The van der Waals surface area contributed by atoms with E-state index in [1.807, 2.05) is 39.8 Å². The predicted octanol–water partition coefficient (Wildman–Crippen LogP) is 3.22. The van der Waals surface area contributed by atoms with Crippen LogP contribution in [0.5, 0.6) is 0 Å². The molecule has 0 bridgehead atoms. The van der Waals surface area contributed by atoms with Crippen LogP contribution in [0.25, 0.3) is 0 Å². The Morgan fingerprint density at radius 2 is 2.00 bits per heavy atom. The highest BCUT2D eigenvalue weighted by molar-refractivity contribution is 7.16. The Hall–Kier alpha value is -1.07. The molecule has 1 aliphatic heterocycles. The number of nitrogens with zero attached hydrogens (tertiary/aromatic N) is 1. The maximum absolute atomic E-state index is 12.8. The van der Waals surface area contributed by atoms with Crippen molar-refractivity contribution in [3.05, 3.63) is 21.3 Å². The number of rotatable bonds is 4. The zero-order valence-electron chi connectivity index (χ0n) is 12.7. The van der Waals surface area contributed by atoms with Gasteiger partial charge in [-0.25, -0.2) is 0 Å². The van der Waals surface area contributed by atoms with E-state index in [2.05, 4.69) is 5.32 Å². The minimum Gasteiger partial charge on any atom is -0.342 e. The van der Waals surface area contributed by atoms with Crippen LogP contribution in [0.3, 0.4) is 0 Å². The summed E-state index contributed by atoms with van der Waals surface area (Å²) in [5, 5.41) is 2.86. The summed E-state index contributed by atoms with van der Waals surface area (Å²) in [5.41, 5.74) is 0. The molecule has 1 aromatic rings. The van der Waals surface area contributed by atoms with Crippen LogP contribution in [0.1, 0.15) is 45.0 Å². The molecule has 2 heterocycles. The van der Waals surface area contributed by atoms with Gasteiger partial charge in [0.05, 0.1) is 10.4 Å². The van der Waals surface area contributed by atoms with E-state index in [4.69, 9.17) is 11.6 Å². The Morgan fingerprint density at radius 1 is 1.33 bits per heavy atom. The van der Waals surface area contributed by atoms with Crippen molar-refractivity contribution in [2.24, 2.45) is 5.92 Å².